The van der Waals surface area contributed by atoms with E-state index in [1.165, 1.54) is 29.6 Å². The first-order chi connectivity index (χ1) is 17.3. The quantitative estimate of drug-likeness (QED) is 0.474. The molecule has 0 radical (unpaired) electrons. The fourth-order valence-electron chi connectivity index (χ4n) is 5.46. The lowest BCUT2D eigenvalue weighted by Gasteiger charge is -2.53. The van der Waals surface area contributed by atoms with Gasteiger partial charge >= 0.3 is 0 Å². The Morgan fingerprint density at radius 1 is 1.08 bits per heavy atom. The molecule has 3 rings (SSSR count). The van der Waals surface area contributed by atoms with Crippen LogP contribution in [0.1, 0.15) is 52.5 Å². The van der Waals surface area contributed by atoms with Gasteiger partial charge in [-0.05, 0) is 70.7 Å². The summed E-state index contributed by atoms with van der Waals surface area (Å²) in [5.41, 5.74) is -0.0719. The summed E-state index contributed by atoms with van der Waals surface area (Å²) < 4.78 is 35.0. The molecule has 0 aromatic heterocycles. The Kier molecular flexibility index (Phi) is 8.49. The van der Waals surface area contributed by atoms with E-state index < -0.39 is 21.1 Å². The number of ether oxygens (including phenoxy) is 1. The molecule has 0 atom stereocenters. The molecule has 8 nitrogen and oxygen atoms in total. The topological polar surface area (TPSA) is 105 Å². The molecule has 1 heterocycles. The number of hydrogen-bond acceptors (Lipinski definition) is 5. The number of aryl methyl sites for hydroxylation is 1. The van der Waals surface area contributed by atoms with Crippen LogP contribution in [0, 0.1) is 0 Å². The lowest BCUT2D eigenvalue weighted by atomic mass is 9.79. The van der Waals surface area contributed by atoms with E-state index >= 15 is 0 Å². The lowest BCUT2D eigenvalue weighted by Crippen LogP contribution is -2.65. The van der Waals surface area contributed by atoms with E-state index in [1.54, 1.807) is 6.07 Å². The largest absolute Gasteiger partial charge is 0.495 e. The van der Waals surface area contributed by atoms with Gasteiger partial charge in [-0.25, -0.2) is 8.42 Å². The van der Waals surface area contributed by atoms with E-state index in [-0.39, 0.29) is 28.5 Å². The summed E-state index contributed by atoms with van der Waals surface area (Å²) in [7, 11) is -2.60. The van der Waals surface area contributed by atoms with E-state index in [2.05, 4.69) is 17.2 Å². The molecule has 0 bridgehead atoms. The zero-order chi connectivity index (χ0) is 27.4. The van der Waals surface area contributed by atoms with Crippen LogP contribution < -0.4 is 15.4 Å². The van der Waals surface area contributed by atoms with Crippen LogP contribution in [0.15, 0.2) is 66.1 Å². The Morgan fingerprint density at radius 3 is 2.27 bits per heavy atom. The van der Waals surface area contributed by atoms with E-state index in [1.807, 2.05) is 58.0 Å². The molecular weight excluding hydrogens is 490 g/mol. The van der Waals surface area contributed by atoms with Gasteiger partial charge in [-0.3, -0.25) is 9.59 Å². The minimum Gasteiger partial charge on any atom is -0.495 e. The highest BCUT2D eigenvalue weighted by atomic mass is 32.2. The van der Waals surface area contributed by atoms with Gasteiger partial charge in [0.2, 0.25) is 21.8 Å². The highest BCUT2D eigenvalue weighted by Crippen LogP contribution is 2.44. The number of sulfonamides is 1. The SMILES string of the molecule is C=CC(=O)NC1CC(C)(C)N(S(=O)(=O)c2ccc(NC(=O)CCc3ccccc3)cc2OC)C(C)(C)C1. The molecule has 2 N–H and O–H groups in total. The molecule has 0 saturated carbocycles. The first-order valence-corrected chi connectivity index (χ1v) is 13.7. The monoisotopic (exact) mass is 527 g/mol. The van der Waals surface area contributed by atoms with Crippen molar-refractivity contribution in [2.24, 2.45) is 0 Å². The van der Waals surface area contributed by atoms with Crippen molar-refractivity contribution in [2.45, 2.75) is 75.4 Å². The van der Waals surface area contributed by atoms with Crippen molar-refractivity contribution >= 4 is 27.5 Å². The smallest absolute Gasteiger partial charge is 0.247 e. The van der Waals surface area contributed by atoms with Crippen LogP contribution in [-0.2, 0) is 26.0 Å². The molecule has 2 aromatic carbocycles. The minimum absolute atomic E-state index is 0.0204. The van der Waals surface area contributed by atoms with Crippen LogP contribution in [0.25, 0.3) is 0 Å². The van der Waals surface area contributed by atoms with Gasteiger partial charge in [-0.15, -0.1) is 0 Å². The highest BCUT2D eigenvalue weighted by Gasteiger charge is 2.52. The molecule has 1 saturated heterocycles. The van der Waals surface area contributed by atoms with Gasteiger partial charge in [0, 0.05) is 35.3 Å². The third-order valence-corrected chi connectivity index (χ3v) is 8.93. The van der Waals surface area contributed by atoms with E-state index in [0.29, 0.717) is 31.4 Å². The predicted octanol–water partition coefficient (Wildman–Crippen LogP) is 4.28. The Bertz CT molecular complexity index is 1240. The summed E-state index contributed by atoms with van der Waals surface area (Å²) in [6, 6.07) is 14.1. The fourth-order valence-corrected chi connectivity index (χ4v) is 7.74. The Hall–Kier alpha value is -3.17. The zero-order valence-corrected chi connectivity index (χ0v) is 23.0. The van der Waals surface area contributed by atoms with Crippen molar-refractivity contribution in [3.8, 4) is 5.75 Å². The van der Waals surface area contributed by atoms with Crippen molar-refractivity contribution in [3.63, 3.8) is 0 Å². The number of hydrogen-bond donors (Lipinski definition) is 2. The lowest BCUT2D eigenvalue weighted by molar-refractivity contribution is -0.118. The fraction of sp³-hybridized carbons (Fsp3) is 0.429. The van der Waals surface area contributed by atoms with Crippen LogP contribution in [0.4, 0.5) is 5.69 Å². The summed E-state index contributed by atoms with van der Waals surface area (Å²) >= 11 is 0. The molecule has 0 aliphatic carbocycles. The number of rotatable bonds is 9. The summed E-state index contributed by atoms with van der Waals surface area (Å²) in [6.45, 7) is 10.9. The van der Waals surface area contributed by atoms with Crippen LogP contribution in [-0.4, -0.2) is 48.8 Å². The third kappa shape index (κ3) is 6.59. The maximum atomic E-state index is 14.0. The summed E-state index contributed by atoms with van der Waals surface area (Å²) in [5, 5.41) is 5.75. The second-order valence-electron chi connectivity index (χ2n) is 10.6. The average Bonchev–Trinajstić information content (AvgIpc) is 2.81. The van der Waals surface area contributed by atoms with Crippen LogP contribution in [0.2, 0.25) is 0 Å². The summed E-state index contributed by atoms with van der Waals surface area (Å²) in [6.07, 6.45) is 2.99. The summed E-state index contributed by atoms with van der Waals surface area (Å²) in [4.78, 5) is 24.4. The first kappa shape index (κ1) is 28.4. The number of carbonyl (C=O) groups is 2. The molecule has 200 valence electrons. The molecule has 0 unspecified atom stereocenters. The molecule has 2 aromatic rings. The average molecular weight is 528 g/mol. The standard InChI is InChI=1S/C28H37N3O5S/c1-7-25(32)30-22-18-27(2,3)31(28(4,5)19-22)37(34,35)24-15-14-21(17-23(24)36-6)29-26(33)16-13-20-11-9-8-10-12-20/h7-12,14-15,17,22H,1,13,16,18-19H2,2-6H3,(H,29,33)(H,30,32). The van der Waals surface area contributed by atoms with Crippen LogP contribution in [0.5, 0.6) is 5.75 Å². The van der Waals surface area contributed by atoms with Gasteiger partial charge < -0.3 is 15.4 Å². The van der Waals surface area contributed by atoms with Crippen molar-refractivity contribution in [2.75, 3.05) is 12.4 Å². The van der Waals surface area contributed by atoms with Crippen molar-refractivity contribution in [3.05, 3.63) is 66.7 Å². The molecule has 1 fully saturated rings. The Balaban J connectivity index is 1.83. The molecule has 1 aliphatic rings. The van der Waals surface area contributed by atoms with Gasteiger partial charge in [0.05, 0.1) is 7.11 Å². The third-order valence-electron chi connectivity index (χ3n) is 6.57. The number of methoxy groups -OCH3 is 1. The van der Waals surface area contributed by atoms with E-state index in [9.17, 15) is 18.0 Å². The number of carbonyl (C=O) groups excluding carboxylic acids is 2. The molecule has 2 amide bonds. The Morgan fingerprint density at radius 2 is 1.70 bits per heavy atom. The van der Waals surface area contributed by atoms with Gasteiger partial charge in [-0.2, -0.15) is 4.31 Å². The number of anilines is 1. The first-order valence-electron chi connectivity index (χ1n) is 12.3. The molecule has 9 heteroatoms. The van der Waals surface area contributed by atoms with Gasteiger partial charge in [0.25, 0.3) is 0 Å². The number of nitrogens with zero attached hydrogens (tertiary/aromatic N) is 1. The minimum atomic E-state index is -4.01. The molecular formula is C28H37N3O5S. The van der Waals surface area contributed by atoms with E-state index in [0.717, 1.165) is 5.56 Å². The second-order valence-corrected chi connectivity index (χ2v) is 12.4. The van der Waals surface area contributed by atoms with E-state index in [4.69, 9.17) is 4.74 Å². The Labute approximate surface area is 220 Å². The number of nitrogens with one attached hydrogen (secondary N) is 2. The molecule has 0 spiro atoms. The second kappa shape index (κ2) is 11.1. The normalized spacial score (nSPS) is 17.5. The van der Waals surface area contributed by atoms with Crippen molar-refractivity contribution in [1.29, 1.82) is 0 Å². The van der Waals surface area contributed by atoms with Gasteiger partial charge in [0.1, 0.15) is 10.6 Å². The number of benzene rings is 2. The number of piperidine rings is 1. The molecule has 37 heavy (non-hydrogen) atoms. The van der Waals surface area contributed by atoms with Crippen LogP contribution >= 0.6 is 0 Å². The maximum absolute atomic E-state index is 14.0. The molecule has 1 aliphatic heterocycles. The zero-order valence-electron chi connectivity index (χ0n) is 22.2. The highest BCUT2D eigenvalue weighted by molar-refractivity contribution is 7.89. The maximum Gasteiger partial charge on any atom is 0.247 e. The number of amides is 2. The van der Waals surface area contributed by atoms with Crippen molar-refractivity contribution in [1.82, 2.24) is 9.62 Å². The predicted molar refractivity (Wildman–Crippen MR) is 145 cm³/mol. The van der Waals surface area contributed by atoms with Crippen LogP contribution in [0.3, 0.4) is 0 Å². The summed E-state index contributed by atoms with van der Waals surface area (Å²) in [5.74, 6) is -0.307. The van der Waals surface area contributed by atoms with Crippen molar-refractivity contribution < 1.29 is 22.7 Å². The van der Waals surface area contributed by atoms with Gasteiger partial charge in [0.15, 0.2) is 0 Å². The van der Waals surface area contributed by atoms with Gasteiger partial charge in [-0.1, -0.05) is 36.9 Å².